The predicted molar refractivity (Wildman–Crippen MR) is 199 cm³/mol. The molecule has 0 aromatic heterocycles. The lowest BCUT2D eigenvalue weighted by atomic mass is 9.99. The maximum atomic E-state index is 14.1. The van der Waals surface area contributed by atoms with Crippen molar-refractivity contribution in [1.82, 2.24) is 21.3 Å². The van der Waals surface area contributed by atoms with Gasteiger partial charge in [0.15, 0.2) is 0 Å². The first kappa shape index (κ1) is 37.2. The van der Waals surface area contributed by atoms with E-state index in [0.29, 0.717) is 5.56 Å². The number of rotatable bonds is 9. The highest BCUT2D eigenvalue weighted by molar-refractivity contribution is 8.76. The number of fused-ring (bicyclic) bond motifs is 1. The van der Waals surface area contributed by atoms with Crippen molar-refractivity contribution < 1.29 is 29.1 Å². The van der Waals surface area contributed by atoms with Gasteiger partial charge in [-0.25, -0.2) is 0 Å². The van der Waals surface area contributed by atoms with E-state index in [2.05, 4.69) is 21.3 Å². The smallest absolute Gasteiger partial charge is 0.244 e. The zero-order chi connectivity index (χ0) is 36.3. The average Bonchev–Trinajstić information content (AvgIpc) is 3.12. The number of phenolic OH excluding ortho intramolecular Hbond substituents is 1. The summed E-state index contributed by atoms with van der Waals surface area (Å²) in [5, 5.41) is 22.6. The van der Waals surface area contributed by atoms with E-state index in [-0.39, 0.29) is 36.5 Å². The number of nitrogens with one attached hydrogen (secondary N) is 4. The Kier molecular flexibility index (Phi) is 12.9. The quantitative estimate of drug-likeness (QED) is 0.125. The molecule has 0 unspecified atom stereocenters. The van der Waals surface area contributed by atoms with Crippen molar-refractivity contribution in [3.8, 4) is 5.75 Å². The van der Waals surface area contributed by atoms with Crippen molar-refractivity contribution in [2.75, 3.05) is 11.5 Å². The van der Waals surface area contributed by atoms with Gasteiger partial charge in [-0.15, -0.1) is 0 Å². The van der Waals surface area contributed by atoms with Crippen molar-refractivity contribution in [2.45, 2.75) is 49.5 Å². The Labute approximate surface area is 303 Å². The normalized spacial score (nSPS) is 21.0. The van der Waals surface area contributed by atoms with Gasteiger partial charge in [0, 0.05) is 24.3 Å². The molecule has 14 heteroatoms. The number of amides is 5. The molecule has 1 saturated heterocycles. The van der Waals surface area contributed by atoms with Gasteiger partial charge in [0.25, 0.3) is 0 Å². The van der Waals surface area contributed by atoms with E-state index < -0.39 is 59.7 Å². The standard InChI is InChI=1S/C37H40N6O6S2/c38-28(17-23-11-14-27(44)15-12-23)34(46)43-32-21-51-50-20-31(33(39)45)42-36(48)29(18-22-6-2-1-3-7-22)40-35(47)30(41-37(32)49)19-24-10-13-25-8-4-5-9-26(25)16-24/h1-16,28-32,44H,17-21,38H2,(H2,39,45)(H,40,47)(H,41,49)(H,42,48)(H,43,46)/t28-,29-,30-,31-,32+/m0/s1. The van der Waals surface area contributed by atoms with Crippen LogP contribution in [0.25, 0.3) is 10.8 Å². The number of aromatic hydroxyl groups is 1. The van der Waals surface area contributed by atoms with Crippen molar-refractivity contribution in [1.29, 1.82) is 0 Å². The summed E-state index contributed by atoms with van der Waals surface area (Å²) in [6.07, 6.45) is 0.340. The Morgan fingerprint density at radius 2 is 1.31 bits per heavy atom. The average molecular weight is 729 g/mol. The Morgan fingerprint density at radius 1 is 0.725 bits per heavy atom. The summed E-state index contributed by atoms with van der Waals surface area (Å²) in [7, 11) is 2.40. The number of hydrogen-bond donors (Lipinski definition) is 7. The number of nitrogens with two attached hydrogens (primary N) is 2. The number of hydrogen-bond acceptors (Lipinski definition) is 9. The van der Waals surface area contributed by atoms with Gasteiger partial charge in [0.05, 0.1) is 6.04 Å². The molecule has 4 aromatic carbocycles. The van der Waals surface area contributed by atoms with Gasteiger partial charge in [-0.1, -0.05) is 107 Å². The Bertz CT molecular complexity index is 1860. The molecule has 1 aliphatic rings. The molecule has 0 bridgehead atoms. The second-order valence-electron chi connectivity index (χ2n) is 12.3. The van der Waals surface area contributed by atoms with E-state index in [1.54, 1.807) is 12.1 Å². The minimum absolute atomic E-state index is 0.0501. The zero-order valence-corrected chi connectivity index (χ0v) is 29.3. The zero-order valence-electron chi connectivity index (χ0n) is 27.6. The summed E-state index contributed by atoms with van der Waals surface area (Å²) in [6.45, 7) is 0. The summed E-state index contributed by atoms with van der Waals surface area (Å²) in [4.78, 5) is 67.3. The first-order chi connectivity index (χ1) is 24.5. The van der Waals surface area contributed by atoms with E-state index in [1.807, 2.05) is 72.8 Å². The lowest BCUT2D eigenvalue weighted by molar-refractivity contribution is -0.134. The molecule has 266 valence electrons. The number of carbonyl (C=O) groups excluding carboxylic acids is 5. The highest BCUT2D eigenvalue weighted by Crippen LogP contribution is 2.24. The molecule has 1 aliphatic heterocycles. The summed E-state index contributed by atoms with van der Waals surface area (Å²) in [5.74, 6) is -2.99. The number of benzene rings is 4. The first-order valence-corrected chi connectivity index (χ1v) is 18.8. The summed E-state index contributed by atoms with van der Waals surface area (Å²) in [5.41, 5.74) is 14.1. The highest BCUT2D eigenvalue weighted by atomic mass is 33.1. The lowest BCUT2D eigenvalue weighted by Gasteiger charge is -2.27. The number of primary amides is 1. The van der Waals surface area contributed by atoms with Crippen LogP contribution in [0.1, 0.15) is 16.7 Å². The second kappa shape index (κ2) is 17.7. The van der Waals surface area contributed by atoms with Crippen LogP contribution in [-0.4, -0.2) is 76.4 Å². The molecule has 1 heterocycles. The van der Waals surface area contributed by atoms with Crippen LogP contribution in [0.5, 0.6) is 5.75 Å². The van der Waals surface area contributed by atoms with Crippen LogP contribution in [0.3, 0.4) is 0 Å². The molecule has 0 saturated carbocycles. The third-order valence-corrected chi connectivity index (χ3v) is 10.8. The molecule has 51 heavy (non-hydrogen) atoms. The van der Waals surface area contributed by atoms with Crippen molar-refractivity contribution in [2.24, 2.45) is 11.5 Å². The maximum absolute atomic E-state index is 14.1. The van der Waals surface area contributed by atoms with Crippen LogP contribution in [0.2, 0.25) is 0 Å². The van der Waals surface area contributed by atoms with E-state index in [1.165, 1.54) is 33.7 Å². The molecule has 4 aromatic rings. The summed E-state index contributed by atoms with van der Waals surface area (Å²) < 4.78 is 0. The summed E-state index contributed by atoms with van der Waals surface area (Å²) in [6, 6.07) is 23.4. The fourth-order valence-corrected chi connectivity index (χ4v) is 7.90. The van der Waals surface area contributed by atoms with E-state index in [9.17, 15) is 29.1 Å². The second-order valence-corrected chi connectivity index (χ2v) is 14.8. The predicted octanol–water partition coefficient (Wildman–Crippen LogP) is 1.72. The van der Waals surface area contributed by atoms with Gasteiger partial charge in [-0.05, 0) is 46.0 Å². The molecular weight excluding hydrogens is 689 g/mol. The van der Waals surface area contributed by atoms with Gasteiger partial charge < -0.3 is 37.8 Å². The van der Waals surface area contributed by atoms with Gasteiger partial charge in [0.1, 0.15) is 29.9 Å². The van der Waals surface area contributed by atoms with E-state index in [0.717, 1.165) is 21.9 Å². The molecule has 9 N–H and O–H groups in total. The molecule has 0 radical (unpaired) electrons. The Balaban J connectivity index is 1.43. The molecule has 0 aliphatic carbocycles. The topological polar surface area (TPSA) is 206 Å². The Morgan fingerprint density at radius 3 is 2.02 bits per heavy atom. The van der Waals surface area contributed by atoms with Crippen LogP contribution < -0.4 is 32.7 Å². The monoisotopic (exact) mass is 728 g/mol. The molecule has 5 rings (SSSR count). The van der Waals surface area contributed by atoms with Crippen molar-refractivity contribution in [3.05, 3.63) is 114 Å². The van der Waals surface area contributed by atoms with Gasteiger partial charge >= 0.3 is 0 Å². The molecular formula is C37H40N6O6S2. The van der Waals surface area contributed by atoms with Crippen LogP contribution in [0.4, 0.5) is 0 Å². The first-order valence-electron chi connectivity index (χ1n) is 16.4. The molecule has 1 fully saturated rings. The van der Waals surface area contributed by atoms with Crippen molar-refractivity contribution >= 4 is 61.9 Å². The molecule has 5 atom stereocenters. The van der Waals surface area contributed by atoms with E-state index in [4.69, 9.17) is 11.5 Å². The third-order valence-electron chi connectivity index (χ3n) is 8.38. The van der Waals surface area contributed by atoms with Crippen molar-refractivity contribution in [3.63, 3.8) is 0 Å². The summed E-state index contributed by atoms with van der Waals surface area (Å²) >= 11 is 0. The van der Waals surface area contributed by atoms with Crippen LogP contribution in [-0.2, 0) is 43.2 Å². The largest absolute Gasteiger partial charge is 0.508 e. The SMILES string of the molecule is NC(=O)[C@@H]1CSSC[C@@H](NC(=O)[C@@H](N)Cc2ccc(O)cc2)C(=O)N[C@@H](Cc2ccc3ccccc3c2)C(=O)N[C@@H](Cc2ccccc2)C(=O)N1. The minimum atomic E-state index is -1.15. The van der Waals surface area contributed by atoms with E-state index >= 15 is 0 Å². The lowest BCUT2D eigenvalue weighted by Crippen LogP contribution is -2.60. The van der Waals surface area contributed by atoms with Gasteiger partial charge in [-0.2, -0.15) is 0 Å². The molecule has 5 amide bonds. The molecule has 0 spiro atoms. The highest BCUT2D eigenvalue weighted by Gasteiger charge is 2.33. The third kappa shape index (κ3) is 10.7. The fourth-order valence-electron chi connectivity index (χ4n) is 5.55. The minimum Gasteiger partial charge on any atom is -0.508 e. The fraction of sp³-hybridized carbons (Fsp3) is 0.270. The van der Waals surface area contributed by atoms with Gasteiger partial charge in [0.2, 0.25) is 29.5 Å². The van der Waals surface area contributed by atoms with Gasteiger partial charge in [-0.3, -0.25) is 24.0 Å². The Hall–Kier alpha value is -5.05. The molecule has 12 nitrogen and oxygen atoms in total. The number of carbonyl (C=O) groups is 5. The maximum Gasteiger partial charge on any atom is 0.244 e. The number of phenols is 1. The van der Waals surface area contributed by atoms with Crippen LogP contribution in [0.15, 0.2) is 97.1 Å². The van der Waals surface area contributed by atoms with Crippen LogP contribution >= 0.6 is 21.6 Å². The van der Waals surface area contributed by atoms with Crippen LogP contribution in [0, 0.1) is 0 Å².